The molecule has 1 amide bonds. The summed E-state index contributed by atoms with van der Waals surface area (Å²) in [5.74, 6) is 0.636. The Hall–Kier alpha value is -2.62. The van der Waals surface area contributed by atoms with Crippen molar-refractivity contribution in [3.8, 4) is 5.75 Å². The van der Waals surface area contributed by atoms with E-state index in [1.807, 2.05) is 30.3 Å². The topological polar surface area (TPSA) is 88.2 Å². The second-order valence-corrected chi connectivity index (χ2v) is 10.9. The monoisotopic (exact) mass is 501 g/mol. The van der Waals surface area contributed by atoms with E-state index in [0.29, 0.717) is 44.8 Å². The van der Waals surface area contributed by atoms with Crippen molar-refractivity contribution in [3.63, 3.8) is 0 Å². The molecule has 0 atom stereocenters. The average molecular weight is 502 g/mol. The molecule has 35 heavy (non-hydrogen) atoms. The van der Waals surface area contributed by atoms with E-state index in [1.54, 1.807) is 19.2 Å². The summed E-state index contributed by atoms with van der Waals surface area (Å²) in [5.41, 5.74) is 2.48. The summed E-state index contributed by atoms with van der Waals surface area (Å²) in [4.78, 5) is 15.4. The minimum atomic E-state index is -3.67. The number of hydrogen-bond acceptors (Lipinski definition) is 6. The Morgan fingerprint density at radius 2 is 1.66 bits per heavy atom. The molecule has 1 N–H and O–H groups in total. The number of carbonyl (C=O) groups excluding carboxylic acids is 1. The third-order valence-electron chi connectivity index (χ3n) is 6.60. The minimum absolute atomic E-state index is 0.141. The van der Waals surface area contributed by atoms with Crippen molar-refractivity contribution in [3.05, 3.63) is 48.0 Å². The molecule has 0 aliphatic carbocycles. The Kier molecular flexibility index (Phi) is 8.64. The van der Waals surface area contributed by atoms with Crippen LogP contribution in [0.1, 0.15) is 37.7 Å². The molecule has 4 rings (SSSR count). The molecule has 2 aromatic carbocycles. The molecule has 2 aromatic rings. The van der Waals surface area contributed by atoms with Crippen molar-refractivity contribution in [2.45, 2.75) is 43.4 Å². The second-order valence-electron chi connectivity index (χ2n) is 8.99. The normalized spacial score (nSPS) is 17.6. The highest BCUT2D eigenvalue weighted by atomic mass is 32.2. The van der Waals surface area contributed by atoms with Gasteiger partial charge < -0.3 is 19.7 Å². The molecule has 2 fully saturated rings. The number of nitrogens with zero attached hydrogens (tertiary/aromatic N) is 2. The van der Waals surface area contributed by atoms with Gasteiger partial charge in [0.1, 0.15) is 5.75 Å². The molecule has 0 spiro atoms. The molecule has 0 radical (unpaired) electrons. The van der Waals surface area contributed by atoms with Gasteiger partial charge in [-0.1, -0.05) is 25.0 Å². The van der Waals surface area contributed by atoms with Gasteiger partial charge in [0.05, 0.1) is 36.6 Å². The lowest BCUT2D eigenvalue weighted by atomic mass is 10.1. The molecule has 2 aliphatic heterocycles. The predicted octanol–water partition coefficient (Wildman–Crippen LogP) is 3.67. The van der Waals surface area contributed by atoms with Crippen LogP contribution in [0.15, 0.2) is 47.4 Å². The summed E-state index contributed by atoms with van der Waals surface area (Å²) >= 11 is 0. The van der Waals surface area contributed by atoms with Gasteiger partial charge in [-0.15, -0.1) is 0 Å². The van der Waals surface area contributed by atoms with Gasteiger partial charge in [0.25, 0.3) is 0 Å². The number of amides is 1. The molecule has 0 unspecified atom stereocenters. The first kappa shape index (κ1) is 25.5. The Morgan fingerprint density at radius 3 is 2.31 bits per heavy atom. The summed E-state index contributed by atoms with van der Waals surface area (Å²) in [6, 6.07) is 12.8. The van der Waals surface area contributed by atoms with Crippen LogP contribution in [0, 0.1) is 0 Å². The number of rotatable bonds is 8. The van der Waals surface area contributed by atoms with Crippen molar-refractivity contribution in [2.24, 2.45) is 0 Å². The van der Waals surface area contributed by atoms with Gasteiger partial charge in [0.15, 0.2) is 0 Å². The van der Waals surface area contributed by atoms with E-state index in [-0.39, 0.29) is 10.8 Å². The molecule has 0 aromatic heterocycles. The number of morpholine rings is 1. The third-order valence-corrected chi connectivity index (χ3v) is 8.49. The molecule has 2 saturated heterocycles. The summed E-state index contributed by atoms with van der Waals surface area (Å²) in [7, 11) is -2.04. The fraction of sp³-hybridized carbons (Fsp3) is 0.500. The standard InChI is InChI=1S/C26H35N3O5S/c1-33-22-9-6-21(7-10-22)8-13-26(30)27-24-20-23(35(31,32)29-16-18-34-19-17-29)11-12-25(24)28-14-4-2-3-5-15-28/h6-7,9-12,20H,2-5,8,13-19H2,1H3,(H,27,30). The molecular weight excluding hydrogens is 466 g/mol. The Labute approximate surface area is 208 Å². The first-order chi connectivity index (χ1) is 17.0. The van der Waals surface area contributed by atoms with Crippen LogP contribution in [0.25, 0.3) is 0 Å². The van der Waals surface area contributed by atoms with Crippen LogP contribution >= 0.6 is 0 Å². The third kappa shape index (κ3) is 6.54. The van der Waals surface area contributed by atoms with Gasteiger partial charge in [-0.2, -0.15) is 4.31 Å². The molecule has 9 heteroatoms. The van der Waals surface area contributed by atoms with E-state index in [4.69, 9.17) is 9.47 Å². The van der Waals surface area contributed by atoms with Crippen LogP contribution in [0.3, 0.4) is 0 Å². The summed E-state index contributed by atoms with van der Waals surface area (Å²) < 4.78 is 38.5. The zero-order chi connectivity index (χ0) is 24.7. The molecule has 0 saturated carbocycles. The van der Waals surface area contributed by atoms with E-state index < -0.39 is 10.0 Å². The lowest BCUT2D eigenvalue weighted by Crippen LogP contribution is -2.40. The van der Waals surface area contributed by atoms with Gasteiger partial charge in [0, 0.05) is 32.6 Å². The fourth-order valence-electron chi connectivity index (χ4n) is 4.56. The van der Waals surface area contributed by atoms with Crippen molar-refractivity contribution in [1.29, 1.82) is 0 Å². The van der Waals surface area contributed by atoms with E-state index in [2.05, 4.69) is 10.2 Å². The number of hydrogen-bond donors (Lipinski definition) is 1. The van der Waals surface area contributed by atoms with E-state index in [1.165, 1.54) is 17.1 Å². The highest BCUT2D eigenvalue weighted by molar-refractivity contribution is 7.89. The summed E-state index contributed by atoms with van der Waals surface area (Å²) in [6.07, 6.45) is 5.41. The Balaban J connectivity index is 1.54. The Morgan fingerprint density at radius 1 is 0.971 bits per heavy atom. The number of ether oxygens (including phenoxy) is 2. The van der Waals surface area contributed by atoms with Crippen LogP contribution in [0.5, 0.6) is 5.75 Å². The van der Waals surface area contributed by atoms with Gasteiger partial charge in [-0.05, 0) is 55.2 Å². The number of methoxy groups -OCH3 is 1. The molecule has 0 bridgehead atoms. The highest BCUT2D eigenvalue weighted by Gasteiger charge is 2.28. The van der Waals surface area contributed by atoms with Crippen LogP contribution in [0.4, 0.5) is 11.4 Å². The predicted molar refractivity (Wildman–Crippen MR) is 137 cm³/mol. The van der Waals surface area contributed by atoms with Gasteiger partial charge in [-0.3, -0.25) is 4.79 Å². The summed E-state index contributed by atoms with van der Waals surface area (Å²) in [5, 5.41) is 3.02. The fourth-order valence-corrected chi connectivity index (χ4v) is 6.00. The number of sulfonamides is 1. The zero-order valence-electron chi connectivity index (χ0n) is 20.4. The van der Waals surface area contributed by atoms with Gasteiger partial charge in [0.2, 0.25) is 15.9 Å². The number of aryl methyl sites for hydroxylation is 1. The maximum absolute atomic E-state index is 13.3. The number of anilines is 2. The lowest BCUT2D eigenvalue weighted by Gasteiger charge is -2.28. The molecular formula is C26H35N3O5S. The van der Waals surface area contributed by atoms with Crippen LogP contribution in [-0.4, -0.2) is 65.1 Å². The van der Waals surface area contributed by atoms with Crippen molar-refractivity contribution in [2.75, 3.05) is 56.7 Å². The van der Waals surface area contributed by atoms with E-state index in [0.717, 1.165) is 42.9 Å². The van der Waals surface area contributed by atoms with Crippen molar-refractivity contribution >= 4 is 27.3 Å². The number of benzene rings is 2. The van der Waals surface area contributed by atoms with Crippen molar-refractivity contribution in [1.82, 2.24) is 4.31 Å². The quantitative estimate of drug-likeness (QED) is 0.594. The highest BCUT2D eigenvalue weighted by Crippen LogP contribution is 2.32. The number of carbonyl (C=O) groups is 1. The number of nitrogens with one attached hydrogen (secondary N) is 1. The van der Waals surface area contributed by atoms with E-state index >= 15 is 0 Å². The first-order valence-corrected chi connectivity index (χ1v) is 13.8. The van der Waals surface area contributed by atoms with Gasteiger partial charge in [-0.25, -0.2) is 8.42 Å². The largest absolute Gasteiger partial charge is 0.497 e. The molecule has 2 heterocycles. The van der Waals surface area contributed by atoms with Crippen LogP contribution in [-0.2, 0) is 26.0 Å². The maximum Gasteiger partial charge on any atom is 0.243 e. The van der Waals surface area contributed by atoms with Crippen LogP contribution < -0.4 is 15.0 Å². The zero-order valence-corrected chi connectivity index (χ0v) is 21.2. The summed E-state index contributed by atoms with van der Waals surface area (Å²) in [6.45, 7) is 3.23. The smallest absolute Gasteiger partial charge is 0.243 e. The molecule has 2 aliphatic rings. The van der Waals surface area contributed by atoms with E-state index in [9.17, 15) is 13.2 Å². The molecule has 8 nitrogen and oxygen atoms in total. The molecule has 190 valence electrons. The minimum Gasteiger partial charge on any atom is -0.497 e. The second kappa shape index (κ2) is 11.9. The van der Waals surface area contributed by atoms with Crippen LogP contribution in [0.2, 0.25) is 0 Å². The maximum atomic E-state index is 13.3. The first-order valence-electron chi connectivity index (χ1n) is 12.4. The van der Waals surface area contributed by atoms with Gasteiger partial charge >= 0.3 is 0 Å². The lowest BCUT2D eigenvalue weighted by molar-refractivity contribution is -0.116. The Bertz CT molecular complexity index is 1090. The SMILES string of the molecule is COc1ccc(CCC(=O)Nc2cc(S(=O)(=O)N3CCOCC3)ccc2N2CCCCCC2)cc1. The van der Waals surface area contributed by atoms with Crippen molar-refractivity contribution < 1.29 is 22.7 Å². The average Bonchev–Trinajstić information content (AvgIpc) is 3.18.